The standard InChI is InChI=1S/C14H16F2N2O3/c15-13(16)10-18(4-6-20)14(21)12-7-11(8-17-9-12)3-1-2-5-19/h7-9,13,19-20H,2,4-6,10H2. The molecule has 1 amide bonds. The van der Waals surface area contributed by atoms with E-state index in [2.05, 4.69) is 16.8 Å². The van der Waals surface area contributed by atoms with Crippen molar-refractivity contribution >= 4 is 5.91 Å². The maximum absolute atomic E-state index is 12.4. The number of halogens is 2. The average Bonchev–Trinajstić information content (AvgIpc) is 2.46. The SMILES string of the molecule is O=C(c1cncc(C#CCCO)c1)N(CCO)CC(F)F. The Kier molecular flexibility index (Phi) is 7.29. The molecule has 0 aliphatic rings. The monoisotopic (exact) mass is 298 g/mol. The fraction of sp³-hybridized carbons (Fsp3) is 0.429. The van der Waals surface area contributed by atoms with E-state index >= 15 is 0 Å². The molecule has 114 valence electrons. The Morgan fingerprint density at radius 1 is 1.33 bits per heavy atom. The van der Waals surface area contributed by atoms with Crippen LogP contribution in [0.3, 0.4) is 0 Å². The summed E-state index contributed by atoms with van der Waals surface area (Å²) >= 11 is 0. The predicted octanol–water partition coefficient (Wildman–Crippen LogP) is 0.515. The van der Waals surface area contributed by atoms with Crippen LogP contribution in [0.2, 0.25) is 0 Å². The fourth-order valence-electron chi connectivity index (χ4n) is 1.59. The minimum atomic E-state index is -2.68. The van der Waals surface area contributed by atoms with Gasteiger partial charge in [-0.3, -0.25) is 9.78 Å². The number of nitrogens with zero attached hydrogens (tertiary/aromatic N) is 2. The second kappa shape index (κ2) is 9.00. The third-order valence-electron chi connectivity index (χ3n) is 2.47. The first-order chi connectivity index (χ1) is 10.1. The van der Waals surface area contributed by atoms with Crippen molar-refractivity contribution in [1.29, 1.82) is 0 Å². The van der Waals surface area contributed by atoms with Crippen LogP contribution < -0.4 is 0 Å². The first kappa shape index (κ1) is 17.0. The Balaban J connectivity index is 2.90. The van der Waals surface area contributed by atoms with E-state index in [4.69, 9.17) is 10.2 Å². The molecule has 1 aromatic rings. The van der Waals surface area contributed by atoms with Gasteiger partial charge < -0.3 is 15.1 Å². The summed E-state index contributed by atoms with van der Waals surface area (Å²) in [5.41, 5.74) is 0.579. The average molecular weight is 298 g/mol. The van der Waals surface area contributed by atoms with Crippen LogP contribution in [0.5, 0.6) is 0 Å². The second-order valence-electron chi connectivity index (χ2n) is 4.10. The fourth-order valence-corrected chi connectivity index (χ4v) is 1.59. The quantitative estimate of drug-likeness (QED) is 0.751. The lowest BCUT2D eigenvalue weighted by Crippen LogP contribution is -2.37. The first-order valence-corrected chi connectivity index (χ1v) is 6.31. The molecular formula is C14H16F2N2O3. The number of carbonyl (C=O) groups excluding carboxylic acids is 1. The lowest BCUT2D eigenvalue weighted by Gasteiger charge is -2.21. The Morgan fingerprint density at radius 2 is 2.10 bits per heavy atom. The van der Waals surface area contributed by atoms with Gasteiger partial charge in [0.25, 0.3) is 12.3 Å². The Bertz CT molecular complexity index is 526. The zero-order valence-electron chi connectivity index (χ0n) is 11.3. The highest BCUT2D eigenvalue weighted by molar-refractivity contribution is 5.94. The van der Waals surface area contributed by atoms with Gasteiger partial charge in [-0.2, -0.15) is 0 Å². The van der Waals surface area contributed by atoms with Crippen LogP contribution >= 0.6 is 0 Å². The molecule has 21 heavy (non-hydrogen) atoms. The van der Waals surface area contributed by atoms with E-state index in [1.54, 1.807) is 0 Å². The van der Waals surface area contributed by atoms with E-state index in [-0.39, 0.29) is 18.7 Å². The van der Waals surface area contributed by atoms with Crippen molar-refractivity contribution in [3.8, 4) is 11.8 Å². The third kappa shape index (κ3) is 5.85. The third-order valence-corrected chi connectivity index (χ3v) is 2.47. The van der Waals surface area contributed by atoms with E-state index in [0.717, 1.165) is 4.90 Å². The lowest BCUT2D eigenvalue weighted by molar-refractivity contribution is 0.0509. The maximum Gasteiger partial charge on any atom is 0.255 e. The van der Waals surface area contributed by atoms with Gasteiger partial charge in [0.1, 0.15) is 0 Å². The zero-order valence-corrected chi connectivity index (χ0v) is 11.3. The van der Waals surface area contributed by atoms with Gasteiger partial charge in [0, 0.05) is 30.9 Å². The number of carbonyl (C=O) groups is 1. The Hall–Kier alpha value is -2.04. The van der Waals surface area contributed by atoms with E-state index in [1.807, 2.05) is 0 Å². The highest BCUT2D eigenvalue weighted by Gasteiger charge is 2.19. The molecule has 0 radical (unpaired) electrons. The highest BCUT2D eigenvalue weighted by atomic mass is 19.3. The van der Waals surface area contributed by atoms with E-state index in [9.17, 15) is 13.6 Å². The molecule has 0 bridgehead atoms. The molecule has 1 rings (SSSR count). The van der Waals surface area contributed by atoms with Gasteiger partial charge >= 0.3 is 0 Å². The molecular weight excluding hydrogens is 282 g/mol. The van der Waals surface area contributed by atoms with Gasteiger partial charge in [-0.05, 0) is 6.07 Å². The first-order valence-electron chi connectivity index (χ1n) is 6.31. The number of amides is 1. The molecule has 0 saturated carbocycles. The zero-order chi connectivity index (χ0) is 15.7. The van der Waals surface area contributed by atoms with Gasteiger partial charge in [0.2, 0.25) is 0 Å². The number of aliphatic hydroxyl groups excluding tert-OH is 2. The molecule has 0 spiro atoms. The van der Waals surface area contributed by atoms with Crippen LogP contribution in [0.15, 0.2) is 18.5 Å². The molecule has 5 nitrogen and oxygen atoms in total. The van der Waals surface area contributed by atoms with Crippen molar-refractivity contribution in [2.24, 2.45) is 0 Å². The summed E-state index contributed by atoms with van der Waals surface area (Å²) in [6, 6.07) is 1.44. The molecule has 7 heteroatoms. The van der Waals surface area contributed by atoms with Crippen LogP contribution in [0.25, 0.3) is 0 Å². The van der Waals surface area contributed by atoms with Crippen molar-refractivity contribution < 1.29 is 23.8 Å². The number of hydrogen-bond acceptors (Lipinski definition) is 4. The second-order valence-corrected chi connectivity index (χ2v) is 4.10. The van der Waals surface area contributed by atoms with Crippen molar-refractivity contribution in [2.75, 3.05) is 26.3 Å². The van der Waals surface area contributed by atoms with Crippen LogP contribution in [0.4, 0.5) is 8.78 Å². The van der Waals surface area contributed by atoms with E-state index in [1.165, 1.54) is 18.5 Å². The predicted molar refractivity (Wildman–Crippen MR) is 71.8 cm³/mol. The lowest BCUT2D eigenvalue weighted by atomic mass is 10.2. The number of hydrogen-bond donors (Lipinski definition) is 2. The Labute approximate surface area is 121 Å². The minimum absolute atomic E-state index is 0.0717. The van der Waals surface area contributed by atoms with Gasteiger partial charge in [-0.25, -0.2) is 8.78 Å². The number of aromatic nitrogens is 1. The molecule has 1 heterocycles. The summed E-state index contributed by atoms with van der Waals surface area (Å²) < 4.78 is 24.9. The normalized spacial score (nSPS) is 10.1. The molecule has 0 aliphatic carbocycles. The molecule has 0 saturated heterocycles. The molecule has 0 atom stereocenters. The van der Waals surface area contributed by atoms with Crippen molar-refractivity contribution in [3.05, 3.63) is 29.6 Å². The van der Waals surface area contributed by atoms with Crippen LogP contribution in [0, 0.1) is 11.8 Å². The number of aliphatic hydroxyl groups is 2. The molecule has 0 unspecified atom stereocenters. The Morgan fingerprint density at radius 3 is 2.71 bits per heavy atom. The molecule has 2 N–H and O–H groups in total. The van der Waals surface area contributed by atoms with Crippen LogP contribution in [0.1, 0.15) is 22.3 Å². The maximum atomic E-state index is 12.4. The van der Waals surface area contributed by atoms with Gasteiger partial charge in [-0.1, -0.05) is 11.8 Å². The van der Waals surface area contributed by atoms with Crippen LogP contribution in [-0.4, -0.2) is 58.7 Å². The molecule has 1 aromatic heterocycles. The highest BCUT2D eigenvalue weighted by Crippen LogP contribution is 2.08. The topological polar surface area (TPSA) is 73.7 Å². The summed E-state index contributed by atoms with van der Waals surface area (Å²) in [4.78, 5) is 16.8. The molecule has 0 aromatic carbocycles. The minimum Gasteiger partial charge on any atom is -0.395 e. The summed E-state index contributed by atoms with van der Waals surface area (Å²) in [6.45, 7) is -1.40. The number of pyridine rings is 1. The van der Waals surface area contributed by atoms with Gasteiger partial charge in [-0.15, -0.1) is 0 Å². The van der Waals surface area contributed by atoms with Crippen molar-refractivity contribution in [3.63, 3.8) is 0 Å². The number of alkyl halides is 2. The number of rotatable bonds is 6. The summed E-state index contributed by atoms with van der Waals surface area (Å²) in [5, 5.41) is 17.5. The molecule has 0 aliphatic heterocycles. The summed E-state index contributed by atoms with van der Waals surface area (Å²) in [5.74, 6) is 4.75. The van der Waals surface area contributed by atoms with Crippen molar-refractivity contribution in [1.82, 2.24) is 9.88 Å². The summed E-state index contributed by atoms with van der Waals surface area (Å²) in [6.07, 6.45) is 0.307. The smallest absolute Gasteiger partial charge is 0.255 e. The molecule has 0 fully saturated rings. The van der Waals surface area contributed by atoms with Gasteiger partial charge in [0.15, 0.2) is 0 Å². The van der Waals surface area contributed by atoms with E-state index in [0.29, 0.717) is 12.0 Å². The van der Waals surface area contributed by atoms with Crippen LogP contribution in [-0.2, 0) is 0 Å². The van der Waals surface area contributed by atoms with E-state index < -0.39 is 25.5 Å². The largest absolute Gasteiger partial charge is 0.395 e. The van der Waals surface area contributed by atoms with Crippen molar-refractivity contribution in [2.45, 2.75) is 12.8 Å². The van der Waals surface area contributed by atoms with Gasteiger partial charge in [0.05, 0.1) is 25.3 Å². The summed E-state index contributed by atoms with van der Waals surface area (Å²) in [7, 11) is 0.